The maximum absolute atomic E-state index is 6.27. The molecule has 2 heterocycles. The topological polar surface area (TPSA) is 64.9 Å². The van der Waals surface area contributed by atoms with Gasteiger partial charge in [0.25, 0.3) is 0 Å². The highest BCUT2D eigenvalue weighted by Gasteiger charge is 2.40. The van der Waals surface area contributed by atoms with Gasteiger partial charge in [0, 0.05) is 0 Å². The van der Waals surface area contributed by atoms with E-state index in [1.165, 1.54) is 11.1 Å². The quantitative estimate of drug-likeness (QED) is 0.920. The van der Waals surface area contributed by atoms with E-state index < -0.39 is 0 Å². The maximum Gasteiger partial charge on any atom is 0.244 e. The van der Waals surface area contributed by atoms with Gasteiger partial charge in [-0.1, -0.05) is 29.4 Å². The molecule has 0 bridgehead atoms. The maximum atomic E-state index is 6.27. The SMILES string of the molecule is NC1(c2noc(C3SCCc4ccccc43)n2)CCC1. The van der Waals surface area contributed by atoms with Gasteiger partial charge >= 0.3 is 0 Å². The van der Waals surface area contributed by atoms with Gasteiger partial charge in [-0.05, 0) is 42.6 Å². The fourth-order valence-electron chi connectivity index (χ4n) is 2.92. The van der Waals surface area contributed by atoms with Gasteiger partial charge in [0.15, 0.2) is 5.82 Å². The van der Waals surface area contributed by atoms with E-state index in [0.717, 1.165) is 31.4 Å². The summed E-state index contributed by atoms with van der Waals surface area (Å²) in [5.41, 5.74) is 8.62. The van der Waals surface area contributed by atoms with Gasteiger partial charge in [-0.15, -0.1) is 11.8 Å². The average molecular weight is 287 g/mol. The van der Waals surface area contributed by atoms with Gasteiger partial charge in [0.05, 0.1) is 5.54 Å². The van der Waals surface area contributed by atoms with Crippen LogP contribution in [0.1, 0.15) is 47.4 Å². The first-order chi connectivity index (χ1) is 9.76. The third-order valence-electron chi connectivity index (χ3n) is 4.35. The van der Waals surface area contributed by atoms with Crippen LogP contribution in [-0.2, 0) is 12.0 Å². The number of benzene rings is 1. The molecule has 0 saturated heterocycles. The molecule has 1 aliphatic heterocycles. The molecule has 1 aromatic carbocycles. The van der Waals surface area contributed by atoms with E-state index in [2.05, 4.69) is 34.4 Å². The molecule has 0 spiro atoms. The van der Waals surface area contributed by atoms with E-state index in [0.29, 0.717) is 11.7 Å². The van der Waals surface area contributed by atoms with E-state index in [4.69, 9.17) is 10.3 Å². The van der Waals surface area contributed by atoms with Crippen molar-refractivity contribution >= 4 is 11.8 Å². The monoisotopic (exact) mass is 287 g/mol. The van der Waals surface area contributed by atoms with Crippen LogP contribution >= 0.6 is 11.8 Å². The summed E-state index contributed by atoms with van der Waals surface area (Å²) in [6.07, 6.45) is 4.18. The number of thioether (sulfide) groups is 1. The van der Waals surface area contributed by atoms with Gasteiger partial charge in [-0.3, -0.25) is 0 Å². The van der Waals surface area contributed by atoms with Crippen molar-refractivity contribution in [3.8, 4) is 0 Å². The minimum absolute atomic E-state index is 0.157. The second-order valence-corrected chi connectivity index (χ2v) is 6.88. The lowest BCUT2D eigenvalue weighted by atomic mass is 9.77. The Morgan fingerprint density at radius 2 is 2.15 bits per heavy atom. The molecule has 20 heavy (non-hydrogen) atoms. The Kier molecular flexibility index (Phi) is 2.86. The normalized spacial score (nSPS) is 23.9. The van der Waals surface area contributed by atoms with Crippen LogP contribution in [0.5, 0.6) is 0 Å². The number of fused-ring (bicyclic) bond motifs is 1. The lowest BCUT2D eigenvalue weighted by Gasteiger charge is -2.34. The lowest BCUT2D eigenvalue weighted by molar-refractivity contribution is 0.229. The Hall–Kier alpha value is -1.33. The Bertz CT molecular complexity index is 636. The average Bonchev–Trinajstić information content (AvgIpc) is 2.94. The van der Waals surface area contributed by atoms with E-state index in [1.807, 2.05) is 11.8 Å². The van der Waals surface area contributed by atoms with E-state index in [-0.39, 0.29) is 10.8 Å². The van der Waals surface area contributed by atoms with Crippen LogP contribution in [0.4, 0.5) is 0 Å². The molecular weight excluding hydrogens is 270 g/mol. The molecular formula is C15H17N3OS. The first-order valence-electron chi connectivity index (χ1n) is 7.09. The number of hydrogen-bond donors (Lipinski definition) is 1. The Balaban J connectivity index is 1.69. The largest absolute Gasteiger partial charge is 0.338 e. The second kappa shape index (κ2) is 4.60. The van der Waals surface area contributed by atoms with Crippen LogP contribution in [0.2, 0.25) is 0 Å². The van der Waals surface area contributed by atoms with Crippen LogP contribution in [0, 0.1) is 0 Å². The molecule has 1 aromatic heterocycles. The number of hydrogen-bond acceptors (Lipinski definition) is 5. The Labute approximate surface area is 122 Å². The summed E-state index contributed by atoms with van der Waals surface area (Å²) in [6.45, 7) is 0. The highest BCUT2D eigenvalue weighted by molar-refractivity contribution is 7.99. The van der Waals surface area contributed by atoms with Crippen molar-refractivity contribution in [2.24, 2.45) is 5.73 Å². The molecule has 4 rings (SSSR count). The number of aromatic nitrogens is 2. The molecule has 2 aromatic rings. The summed E-state index contributed by atoms with van der Waals surface area (Å²) < 4.78 is 5.52. The molecule has 1 fully saturated rings. The molecule has 0 amide bonds. The van der Waals surface area contributed by atoms with Crippen LogP contribution in [0.25, 0.3) is 0 Å². The summed E-state index contributed by atoms with van der Waals surface area (Å²) >= 11 is 1.87. The fraction of sp³-hybridized carbons (Fsp3) is 0.467. The summed E-state index contributed by atoms with van der Waals surface area (Å²) in [5.74, 6) is 2.48. The zero-order valence-electron chi connectivity index (χ0n) is 11.2. The predicted octanol–water partition coefficient (Wildman–Crippen LogP) is 2.79. The van der Waals surface area contributed by atoms with Gasteiger partial charge in [0.1, 0.15) is 5.25 Å². The summed E-state index contributed by atoms with van der Waals surface area (Å²) in [5, 5.41) is 4.29. The molecule has 1 aliphatic carbocycles. The molecule has 104 valence electrons. The van der Waals surface area contributed by atoms with Crippen LogP contribution in [0.3, 0.4) is 0 Å². The Morgan fingerprint density at radius 1 is 1.30 bits per heavy atom. The van der Waals surface area contributed by atoms with Crippen LogP contribution in [-0.4, -0.2) is 15.9 Å². The minimum Gasteiger partial charge on any atom is -0.338 e. The van der Waals surface area contributed by atoms with E-state index in [1.54, 1.807) is 0 Å². The van der Waals surface area contributed by atoms with Crippen molar-refractivity contribution in [2.75, 3.05) is 5.75 Å². The van der Waals surface area contributed by atoms with Crippen molar-refractivity contribution in [3.63, 3.8) is 0 Å². The van der Waals surface area contributed by atoms with Crippen molar-refractivity contribution in [2.45, 2.75) is 36.5 Å². The van der Waals surface area contributed by atoms with Gasteiger partial charge in [0.2, 0.25) is 5.89 Å². The fourth-order valence-corrected chi connectivity index (χ4v) is 4.14. The van der Waals surface area contributed by atoms with Crippen molar-refractivity contribution in [1.82, 2.24) is 10.1 Å². The Morgan fingerprint density at radius 3 is 2.95 bits per heavy atom. The third-order valence-corrected chi connectivity index (χ3v) is 5.58. The summed E-state index contributed by atoms with van der Waals surface area (Å²) in [4.78, 5) is 4.60. The molecule has 5 heteroatoms. The summed E-state index contributed by atoms with van der Waals surface area (Å²) in [7, 11) is 0. The van der Waals surface area contributed by atoms with Crippen molar-refractivity contribution in [3.05, 3.63) is 47.1 Å². The first-order valence-corrected chi connectivity index (χ1v) is 8.13. The first kappa shape index (κ1) is 12.4. The number of aryl methyl sites for hydroxylation is 1. The number of nitrogens with two attached hydrogens (primary N) is 1. The smallest absolute Gasteiger partial charge is 0.244 e. The van der Waals surface area contributed by atoms with Gasteiger partial charge in [-0.25, -0.2) is 0 Å². The molecule has 2 aliphatic rings. The van der Waals surface area contributed by atoms with E-state index in [9.17, 15) is 0 Å². The molecule has 0 radical (unpaired) electrons. The summed E-state index contributed by atoms with van der Waals surface area (Å²) in [6, 6.07) is 8.52. The van der Waals surface area contributed by atoms with Gasteiger partial charge < -0.3 is 10.3 Å². The van der Waals surface area contributed by atoms with Crippen LogP contribution in [0.15, 0.2) is 28.8 Å². The third kappa shape index (κ3) is 1.88. The van der Waals surface area contributed by atoms with Gasteiger partial charge in [-0.2, -0.15) is 4.98 Å². The molecule has 2 N–H and O–H groups in total. The zero-order chi connectivity index (χ0) is 13.6. The number of nitrogens with zero attached hydrogens (tertiary/aromatic N) is 2. The van der Waals surface area contributed by atoms with Crippen LogP contribution < -0.4 is 5.73 Å². The molecule has 4 nitrogen and oxygen atoms in total. The highest BCUT2D eigenvalue weighted by Crippen LogP contribution is 2.42. The molecule has 1 unspecified atom stereocenters. The molecule has 1 saturated carbocycles. The molecule has 1 atom stereocenters. The highest BCUT2D eigenvalue weighted by atomic mass is 32.2. The zero-order valence-corrected chi connectivity index (χ0v) is 12.0. The lowest BCUT2D eigenvalue weighted by Crippen LogP contribution is -2.44. The minimum atomic E-state index is -0.347. The van der Waals surface area contributed by atoms with Crippen molar-refractivity contribution in [1.29, 1.82) is 0 Å². The van der Waals surface area contributed by atoms with Crippen molar-refractivity contribution < 1.29 is 4.52 Å². The van der Waals surface area contributed by atoms with E-state index >= 15 is 0 Å². The number of rotatable bonds is 2. The predicted molar refractivity (Wildman–Crippen MR) is 78.5 cm³/mol. The second-order valence-electron chi connectivity index (χ2n) is 5.67. The standard InChI is InChI=1S/C15H17N3OS/c16-15(7-3-8-15)14-17-13(19-18-14)12-11-5-2-1-4-10(11)6-9-20-12/h1-2,4-5,12H,3,6-9,16H2.